The van der Waals surface area contributed by atoms with Gasteiger partial charge in [0.25, 0.3) is 5.95 Å². The number of methoxy groups -OCH3 is 4. The highest BCUT2D eigenvalue weighted by atomic mass is 16.7. The van der Waals surface area contributed by atoms with E-state index < -0.39 is 24.9 Å². The van der Waals surface area contributed by atoms with Gasteiger partial charge in [0, 0.05) is 17.9 Å². The van der Waals surface area contributed by atoms with Crippen LogP contribution >= 0.6 is 0 Å². The number of aliphatic hydroxyl groups is 3. The Morgan fingerprint density at radius 1 is 0.775 bits per heavy atom. The van der Waals surface area contributed by atoms with Crippen molar-refractivity contribution in [3.05, 3.63) is 47.4 Å². The Bertz CT molecular complexity index is 1200. The fourth-order valence-corrected chi connectivity index (χ4v) is 5.50. The van der Waals surface area contributed by atoms with Crippen molar-refractivity contribution in [1.29, 1.82) is 0 Å². The first-order valence-electron chi connectivity index (χ1n) is 12.8. The predicted octanol–water partition coefficient (Wildman–Crippen LogP) is 1.83. The molecule has 3 heterocycles. The second kappa shape index (κ2) is 11.6. The van der Waals surface area contributed by atoms with E-state index in [1.165, 1.54) is 34.5 Å². The van der Waals surface area contributed by atoms with Gasteiger partial charge in [0.15, 0.2) is 29.1 Å². The third-order valence-electron chi connectivity index (χ3n) is 7.59. The summed E-state index contributed by atoms with van der Waals surface area (Å²) in [5.74, 6) is 1.31. The molecule has 12 heteroatoms. The van der Waals surface area contributed by atoms with Crippen molar-refractivity contribution in [2.75, 3.05) is 48.3 Å². The lowest BCUT2D eigenvalue weighted by Gasteiger charge is -2.30. The number of aliphatic hydroxyl groups excluding tert-OH is 3. The van der Waals surface area contributed by atoms with Crippen molar-refractivity contribution in [3.8, 4) is 34.5 Å². The van der Waals surface area contributed by atoms with Crippen molar-refractivity contribution in [2.45, 2.75) is 30.5 Å². The summed E-state index contributed by atoms with van der Waals surface area (Å²) < 4.78 is 45.7. The second-order valence-corrected chi connectivity index (χ2v) is 9.77. The summed E-state index contributed by atoms with van der Waals surface area (Å²) in [6, 6.07) is 7.05. The molecule has 218 valence electrons. The number of benzene rings is 2. The summed E-state index contributed by atoms with van der Waals surface area (Å²) in [5.41, 5.74) is 1.61. The van der Waals surface area contributed by atoms with E-state index in [0.29, 0.717) is 36.2 Å². The smallest absolute Gasteiger partial charge is 0.283 e. The zero-order valence-electron chi connectivity index (χ0n) is 22.6. The van der Waals surface area contributed by atoms with Gasteiger partial charge in [-0.3, -0.25) is 0 Å². The molecule has 0 aliphatic carbocycles. The van der Waals surface area contributed by atoms with Gasteiger partial charge in [-0.15, -0.1) is 0 Å². The number of phenolic OH excluding ortho intramolecular Hbond substituents is 1. The molecule has 2 aromatic carbocycles. The molecule has 2 fully saturated rings. The van der Waals surface area contributed by atoms with E-state index in [1.54, 1.807) is 24.3 Å². The van der Waals surface area contributed by atoms with Crippen molar-refractivity contribution in [1.82, 2.24) is 0 Å². The normalized spacial score (nSPS) is 29.3. The van der Waals surface area contributed by atoms with Gasteiger partial charge in [-0.05, 0) is 35.4 Å². The molecule has 0 radical (unpaired) electrons. The molecular weight excluding hydrogens is 528 g/mol. The molecule has 12 nitrogen and oxygen atoms in total. The number of hydrogen-bond donors (Lipinski definition) is 4. The van der Waals surface area contributed by atoms with Gasteiger partial charge in [-0.2, -0.15) is 0 Å². The van der Waals surface area contributed by atoms with Crippen LogP contribution in [-0.4, -0.2) is 87.0 Å². The van der Waals surface area contributed by atoms with Gasteiger partial charge in [0.1, 0.15) is 12.2 Å². The summed E-state index contributed by atoms with van der Waals surface area (Å²) in [4.78, 5) is 0. The molecule has 5 rings (SSSR count). The fourth-order valence-electron chi connectivity index (χ4n) is 5.50. The third kappa shape index (κ3) is 4.97. The first-order chi connectivity index (χ1) is 19.3. The van der Waals surface area contributed by atoms with Crippen LogP contribution in [0.4, 0.5) is 0 Å². The summed E-state index contributed by atoms with van der Waals surface area (Å²) in [5, 5.41) is 39.9. The summed E-state index contributed by atoms with van der Waals surface area (Å²) in [6.07, 6.45) is -3.05. The number of ether oxygens (including phenoxy) is 8. The molecule has 5 unspecified atom stereocenters. The average molecular weight is 563 g/mol. The number of rotatable bonds is 9. The number of hydrogen-bond acceptors (Lipinski definition) is 12. The van der Waals surface area contributed by atoms with E-state index in [1.807, 2.05) is 0 Å². The minimum atomic E-state index is -1.29. The lowest BCUT2D eigenvalue weighted by Crippen LogP contribution is -2.44. The van der Waals surface area contributed by atoms with Crippen LogP contribution in [0.25, 0.3) is 0 Å². The minimum Gasteiger partial charge on any atom is -0.502 e. The highest BCUT2D eigenvalue weighted by Crippen LogP contribution is 2.53. The molecule has 0 saturated carbocycles. The Morgan fingerprint density at radius 3 is 1.70 bits per heavy atom. The molecule has 0 aromatic heterocycles. The molecular formula is C28H34O12. The van der Waals surface area contributed by atoms with Crippen molar-refractivity contribution in [3.63, 3.8) is 0 Å². The first kappa shape index (κ1) is 28.1. The second-order valence-electron chi connectivity index (χ2n) is 9.77. The number of aromatic hydroxyl groups is 1. The highest BCUT2D eigenvalue weighted by molar-refractivity contribution is 5.56. The van der Waals surface area contributed by atoms with E-state index >= 15 is 0 Å². The number of phenols is 1. The lowest BCUT2D eigenvalue weighted by atomic mass is 9.84. The highest BCUT2D eigenvalue weighted by Gasteiger charge is 2.49. The monoisotopic (exact) mass is 562 g/mol. The quantitative estimate of drug-likeness (QED) is 0.352. The zero-order valence-corrected chi connectivity index (χ0v) is 22.6. The van der Waals surface area contributed by atoms with Gasteiger partial charge in [0.2, 0.25) is 11.5 Å². The van der Waals surface area contributed by atoms with Crippen LogP contribution < -0.4 is 23.7 Å². The van der Waals surface area contributed by atoms with E-state index in [9.17, 15) is 20.4 Å². The molecule has 0 bridgehead atoms. The molecule has 3 aliphatic heterocycles. The molecule has 0 amide bonds. The van der Waals surface area contributed by atoms with Crippen molar-refractivity contribution >= 4 is 0 Å². The molecule has 40 heavy (non-hydrogen) atoms. The van der Waals surface area contributed by atoms with Gasteiger partial charge in [-0.25, -0.2) is 0 Å². The summed E-state index contributed by atoms with van der Waals surface area (Å²) >= 11 is 0. The summed E-state index contributed by atoms with van der Waals surface area (Å²) in [7, 11) is 5.92. The van der Waals surface area contributed by atoms with Crippen molar-refractivity contribution < 1.29 is 58.3 Å². The standard InChI is InChI=1S/C28H34O12/c1-33-18-5-13(6-19(34-2)25(18)32)26-15-11-38-27(16(15)12-37-26)14-7-20(35-3)28(21(8-14)36-4)40-23-9-17(30)24(31)22(10-29)39-23/h5-9,15-17,22,24,26-27,29-32H,10-12H2,1-4H3/t15-,16-,17?,22?,24?,26?,27?/m0/s1. The van der Waals surface area contributed by atoms with E-state index in [-0.39, 0.29) is 41.5 Å². The summed E-state index contributed by atoms with van der Waals surface area (Å²) in [6.45, 7) is 0.371. The average Bonchev–Trinajstić information content (AvgIpc) is 3.57. The van der Waals surface area contributed by atoms with Crippen LogP contribution in [0.3, 0.4) is 0 Å². The first-order valence-corrected chi connectivity index (χ1v) is 12.8. The van der Waals surface area contributed by atoms with Crippen LogP contribution in [0.5, 0.6) is 34.5 Å². The number of fused-ring (bicyclic) bond motifs is 1. The lowest BCUT2D eigenvalue weighted by molar-refractivity contribution is -0.113. The van der Waals surface area contributed by atoms with Gasteiger partial charge in [-0.1, -0.05) is 0 Å². The molecule has 0 spiro atoms. The Kier molecular flexibility index (Phi) is 8.15. The van der Waals surface area contributed by atoms with E-state index in [0.717, 1.165) is 11.1 Å². The Morgan fingerprint density at radius 2 is 1.25 bits per heavy atom. The Balaban J connectivity index is 1.40. The third-order valence-corrected chi connectivity index (χ3v) is 7.59. The van der Waals surface area contributed by atoms with E-state index in [4.69, 9.17) is 37.9 Å². The SMILES string of the molecule is COc1cc(C2OC[C@@H]3C(c4cc(OC)c(OC5=CC(O)C(O)C(CO)O5)c(OC)c4)OC[C@H]23)cc(OC)c1O. The van der Waals surface area contributed by atoms with Gasteiger partial charge in [0.05, 0.1) is 60.5 Å². The van der Waals surface area contributed by atoms with Crippen LogP contribution in [0, 0.1) is 11.8 Å². The maximum Gasteiger partial charge on any atom is 0.283 e. The molecule has 3 aliphatic rings. The Labute approximate surface area is 231 Å². The molecule has 7 atom stereocenters. The Hall–Kier alpha value is -3.42. The molecule has 2 saturated heterocycles. The fraction of sp³-hybridized carbons (Fsp3) is 0.500. The van der Waals surface area contributed by atoms with Crippen LogP contribution in [0.2, 0.25) is 0 Å². The van der Waals surface area contributed by atoms with Crippen LogP contribution in [0.15, 0.2) is 36.3 Å². The predicted molar refractivity (Wildman–Crippen MR) is 138 cm³/mol. The molecule has 4 N–H and O–H groups in total. The largest absolute Gasteiger partial charge is 0.502 e. The van der Waals surface area contributed by atoms with Crippen LogP contribution in [0.1, 0.15) is 23.3 Å². The topological polar surface area (TPSA) is 155 Å². The maximum absolute atomic E-state index is 10.3. The van der Waals surface area contributed by atoms with Crippen molar-refractivity contribution in [2.24, 2.45) is 11.8 Å². The van der Waals surface area contributed by atoms with Gasteiger partial charge < -0.3 is 58.3 Å². The zero-order chi connectivity index (χ0) is 28.6. The van der Waals surface area contributed by atoms with Gasteiger partial charge >= 0.3 is 0 Å². The minimum absolute atomic E-state index is 0.0170. The molecule has 2 aromatic rings. The van der Waals surface area contributed by atoms with E-state index in [2.05, 4.69) is 0 Å². The maximum atomic E-state index is 10.3. The van der Waals surface area contributed by atoms with Crippen LogP contribution in [-0.2, 0) is 14.2 Å².